The molecule has 0 aliphatic carbocycles. The fourth-order valence-corrected chi connectivity index (χ4v) is 5.00. The second kappa shape index (κ2) is 16.0. The molecular formula is C32H47ClO2. The minimum Gasteiger partial charge on any atom is -0.507 e. The Balaban J connectivity index is 1.73. The van der Waals surface area contributed by atoms with Crippen LogP contribution in [0.4, 0.5) is 0 Å². The van der Waals surface area contributed by atoms with Crippen LogP contribution in [0.25, 0.3) is 0 Å². The molecule has 1 N–H and O–H groups in total. The van der Waals surface area contributed by atoms with Crippen LogP contribution in [-0.4, -0.2) is 15.8 Å². The Morgan fingerprint density at radius 2 is 1.31 bits per heavy atom. The number of carbonyl (C=O) groups excluding carboxylic acids is 1. The molecule has 2 aromatic carbocycles. The first kappa shape index (κ1) is 29.4. The summed E-state index contributed by atoms with van der Waals surface area (Å²) in [7, 11) is 0. The van der Waals surface area contributed by atoms with Gasteiger partial charge in [-0.3, -0.25) is 4.79 Å². The van der Waals surface area contributed by atoms with Gasteiger partial charge in [0.25, 0.3) is 0 Å². The lowest BCUT2D eigenvalue weighted by Crippen LogP contribution is -2.26. The Morgan fingerprint density at radius 3 is 1.83 bits per heavy atom. The molecule has 0 bridgehead atoms. The zero-order valence-corrected chi connectivity index (χ0v) is 23.1. The molecule has 0 saturated heterocycles. The molecular weight excluding hydrogens is 452 g/mol. The van der Waals surface area contributed by atoms with Crippen molar-refractivity contribution in [3.8, 4) is 5.75 Å². The second-order valence-corrected chi connectivity index (χ2v) is 11.7. The molecule has 0 radical (unpaired) electrons. The summed E-state index contributed by atoms with van der Waals surface area (Å²) in [5.41, 5.74) is 2.14. The summed E-state index contributed by atoms with van der Waals surface area (Å²) in [6.07, 6.45) is 18.4. The predicted octanol–water partition coefficient (Wildman–Crippen LogP) is 9.89. The van der Waals surface area contributed by atoms with E-state index < -0.39 is 0 Å². The highest BCUT2D eigenvalue weighted by Gasteiger charge is 2.26. The fraction of sp³-hybridized carbons (Fsp3) is 0.594. The third-order valence-corrected chi connectivity index (χ3v) is 7.53. The van der Waals surface area contributed by atoms with Crippen LogP contribution < -0.4 is 0 Å². The fourth-order valence-electron chi connectivity index (χ4n) is 4.82. The number of hydrogen-bond donors (Lipinski definition) is 1. The van der Waals surface area contributed by atoms with E-state index in [1.54, 1.807) is 24.3 Å². The molecule has 0 amide bonds. The van der Waals surface area contributed by atoms with Gasteiger partial charge >= 0.3 is 0 Å². The Kier molecular flexibility index (Phi) is 13.5. The van der Waals surface area contributed by atoms with Gasteiger partial charge in [0, 0.05) is 10.4 Å². The van der Waals surface area contributed by atoms with E-state index in [0.717, 1.165) is 12.8 Å². The number of carbonyl (C=O) groups is 1. The molecule has 2 rings (SSSR count). The van der Waals surface area contributed by atoms with Crippen LogP contribution in [0.2, 0.25) is 0 Å². The molecule has 194 valence electrons. The lowest BCUT2D eigenvalue weighted by atomic mass is 9.84. The molecule has 35 heavy (non-hydrogen) atoms. The molecule has 0 aromatic heterocycles. The number of unbranched alkanes of at least 4 members (excludes halogenated alkanes) is 11. The number of halogens is 1. The number of hydrogen-bond acceptors (Lipinski definition) is 2. The van der Waals surface area contributed by atoms with Crippen molar-refractivity contribution in [2.75, 3.05) is 0 Å². The number of alkyl halides is 1. The molecule has 2 nitrogen and oxygen atoms in total. The van der Waals surface area contributed by atoms with Crippen molar-refractivity contribution in [3.63, 3.8) is 0 Å². The van der Waals surface area contributed by atoms with Crippen molar-refractivity contribution in [1.29, 1.82) is 0 Å². The third kappa shape index (κ3) is 11.2. The van der Waals surface area contributed by atoms with Crippen molar-refractivity contribution in [2.24, 2.45) is 5.92 Å². The molecule has 1 unspecified atom stereocenters. The average Bonchev–Trinajstić information content (AvgIpc) is 2.83. The maximum Gasteiger partial charge on any atom is 0.196 e. The highest BCUT2D eigenvalue weighted by molar-refractivity contribution is 6.23. The van der Waals surface area contributed by atoms with Gasteiger partial charge < -0.3 is 5.11 Å². The monoisotopic (exact) mass is 498 g/mol. The van der Waals surface area contributed by atoms with Crippen LogP contribution in [0.1, 0.15) is 126 Å². The first-order chi connectivity index (χ1) is 16.8. The van der Waals surface area contributed by atoms with Gasteiger partial charge in [0.1, 0.15) is 5.75 Å². The van der Waals surface area contributed by atoms with E-state index in [2.05, 4.69) is 20.8 Å². The quantitative estimate of drug-likeness (QED) is 0.126. The molecule has 0 aliphatic heterocycles. The van der Waals surface area contributed by atoms with Gasteiger partial charge in [0.05, 0.1) is 5.56 Å². The van der Waals surface area contributed by atoms with Crippen molar-refractivity contribution in [3.05, 3.63) is 65.2 Å². The van der Waals surface area contributed by atoms with E-state index in [4.69, 9.17) is 11.6 Å². The van der Waals surface area contributed by atoms with Gasteiger partial charge in [0.2, 0.25) is 0 Å². The van der Waals surface area contributed by atoms with Crippen molar-refractivity contribution >= 4 is 17.4 Å². The van der Waals surface area contributed by atoms with E-state index in [-0.39, 0.29) is 16.4 Å². The summed E-state index contributed by atoms with van der Waals surface area (Å²) in [6.45, 7) is 6.52. The zero-order valence-electron chi connectivity index (χ0n) is 22.3. The van der Waals surface area contributed by atoms with E-state index >= 15 is 0 Å². The number of phenols is 1. The summed E-state index contributed by atoms with van der Waals surface area (Å²) < 4.78 is 0. The first-order valence-electron chi connectivity index (χ1n) is 13.9. The molecule has 0 aliphatic rings. The SMILES string of the molecule is CCCCCCCCCCCCCCC(Cc1ccc(C(=O)c2ccccc2O)cc1)C(C)(C)Cl. The highest BCUT2D eigenvalue weighted by Crippen LogP contribution is 2.32. The van der Waals surface area contributed by atoms with Gasteiger partial charge in [-0.25, -0.2) is 0 Å². The molecule has 3 heteroatoms. The van der Waals surface area contributed by atoms with Crippen LogP contribution in [0.3, 0.4) is 0 Å². The number of ketones is 1. The number of phenolic OH excluding ortho intramolecular Hbond substituents is 1. The number of rotatable bonds is 18. The Hall–Kier alpha value is -1.80. The number of aromatic hydroxyl groups is 1. The summed E-state index contributed by atoms with van der Waals surface area (Å²) in [5, 5.41) is 9.98. The van der Waals surface area contributed by atoms with Gasteiger partial charge in [-0.1, -0.05) is 120 Å². The number of para-hydroxylation sites is 1. The lowest BCUT2D eigenvalue weighted by molar-refractivity contribution is 0.103. The highest BCUT2D eigenvalue weighted by atomic mass is 35.5. The second-order valence-electron chi connectivity index (χ2n) is 10.7. The average molecular weight is 499 g/mol. The van der Waals surface area contributed by atoms with Gasteiger partial charge in [-0.15, -0.1) is 11.6 Å². The zero-order chi connectivity index (χ0) is 25.5. The summed E-state index contributed by atoms with van der Waals surface area (Å²) >= 11 is 6.79. The Bertz CT molecular complexity index is 851. The smallest absolute Gasteiger partial charge is 0.196 e. The van der Waals surface area contributed by atoms with Gasteiger partial charge in [-0.2, -0.15) is 0 Å². The topological polar surface area (TPSA) is 37.3 Å². The van der Waals surface area contributed by atoms with Crippen molar-refractivity contribution < 1.29 is 9.90 Å². The summed E-state index contributed by atoms with van der Waals surface area (Å²) in [6, 6.07) is 14.5. The molecule has 0 spiro atoms. The number of benzene rings is 2. The van der Waals surface area contributed by atoms with E-state index in [0.29, 0.717) is 17.0 Å². The molecule has 0 fully saturated rings. The molecule has 0 saturated carbocycles. The van der Waals surface area contributed by atoms with Crippen molar-refractivity contribution in [1.82, 2.24) is 0 Å². The van der Waals surface area contributed by atoms with Crippen LogP contribution in [-0.2, 0) is 6.42 Å². The summed E-state index contributed by atoms with van der Waals surface area (Å²) in [4.78, 5) is 12.5. The van der Waals surface area contributed by atoms with Crippen LogP contribution in [0.5, 0.6) is 5.75 Å². The van der Waals surface area contributed by atoms with Crippen LogP contribution >= 0.6 is 11.6 Å². The normalized spacial score (nSPS) is 12.6. The third-order valence-electron chi connectivity index (χ3n) is 7.22. The maximum absolute atomic E-state index is 12.7. The minimum absolute atomic E-state index is 0.0212. The lowest BCUT2D eigenvalue weighted by Gasteiger charge is -2.29. The van der Waals surface area contributed by atoms with E-state index in [1.807, 2.05) is 24.3 Å². The van der Waals surface area contributed by atoms with Crippen LogP contribution in [0, 0.1) is 5.92 Å². The van der Waals surface area contributed by atoms with E-state index in [9.17, 15) is 9.90 Å². The van der Waals surface area contributed by atoms with E-state index in [1.165, 1.54) is 82.6 Å². The summed E-state index contributed by atoms with van der Waals surface area (Å²) in [5.74, 6) is 0.264. The molecule has 1 atom stereocenters. The minimum atomic E-state index is -0.262. The maximum atomic E-state index is 12.7. The van der Waals surface area contributed by atoms with Crippen molar-refractivity contribution in [2.45, 2.75) is 116 Å². The Labute approximate surface area is 219 Å². The van der Waals surface area contributed by atoms with Gasteiger partial charge in [0.15, 0.2) is 5.78 Å². The Morgan fingerprint density at radius 1 is 0.800 bits per heavy atom. The largest absolute Gasteiger partial charge is 0.507 e. The molecule has 2 aromatic rings. The van der Waals surface area contributed by atoms with Gasteiger partial charge in [-0.05, 0) is 50.3 Å². The van der Waals surface area contributed by atoms with Crippen LogP contribution in [0.15, 0.2) is 48.5 Å². The standard InChI is InChI=1S/C32H47ClO2/c1-4-5-6-7-8-9-10-11-12-13-14-15-18-28(32(2,3)33)25-26-21-23-27(24-22-26)31(35)29-19-16-17-20-30(29)34/h16-17,19-24,28,34H,4-15,18,25H2,1-3H3. The first-order valence-corrected chi connectivity index (χ1v) is 14.3. The predicted molar refractivity (Wildman–Crippen MR) is 151 cm³/mol. The molecule has 0 heterocycles.